The Kier molecular flexibility index (Phi) is 4.17. The normalized spacial score (nSPS) is 16.9. The molecule has 0 amide bonds. The van der Waals surface area contributed by atoms with Crippen LogP contribution in [0.3, 0.4) is 0 Å². The molecule has 0 fully saturated rings. The van der Waals surface area contributed by atoms with Gasteiger partial charge in [-0.1, -0.05) is 51.1 Å². The van der Waals surface area contributed by atoms with Crippen LogP contribution in [0.4, 0.5) is 0 Å². The van der Waals surface area contributed by atoms with E-state index in [0.29, 0.717) is 0 Å². The van der Waals surface area contributed by atoms with Crippen molar-refractivity contribution in [1.29, 1.82) is 0 Å². The molecule has 0 saturated carbocycles. The molecule has 100 valence electrons. The maximum absolute atomic E-state index is 11.3. The van der Waals surface area contributed by atoms with Crippen LogP contribution in [0.2, 0.25) is 0 Å². The Morgan fingerprint density at radius 2 is 1.67 bits per heavy atom. The SMILES string of the molecule is CC(O)(CC(C(=O)O)C(C)(C)C)c1ccccc1. The second-order valence-corrected chi connectivity index (χ2v) is 6.10. The number of hydrogen-bond donors (Lipinski definition) is 2. The minimum atomic E-state index is -1.13. The van der Waals surface area contributed by atoms with E-state index >= 15 is 0 Å². The summed E-state index contributed by atoms with van der Waals surface area (Å²) >= 11 is 0. The Bertz CT molecular complexity index is 401. The fourth-order valence-electron chi connectivity index (χ4n) is 2.08. The fourth-order valence-corrected chi connectivity index (χ4v) is 2.08. The van der Waals surface area contributed by atoms with Gasteiger partial charge in [0.25, 0.3) is 0 Å². The molecular formula is C15H22O3. The molecule has 0 aliphatic rings. The zero-order valence-electron chi connectivity index (χ0n) is 11.5. The number of carbonyl (C=O) groups is 1. The minimum absolute atomic E-state index is 0.204. The highest BCUT2D eigenvalue weighted by Crippen LogP contribution is 2.37. The van der Waals surface area contributed by atoms with Crippen LogP contribution in [-0.4, -0.2) is 16.2 Å². The van der Waals surface area contributed by atoms with Gasteiger partial charge in [-0.05, 0) is 24.3 Å². The molecule has 18 heavy (non-hydrogen) atoms. The Hall–Kier alpha value is -1.35. The van der Waals surface area contributed by atoms with Gasteiger partial charge in [0.15, 0.2) is 0 Å². The molecule has 1 aromatic rings. The summed E-state index contributed by atoms with van der Waals surface area (Å²) in [5, 5.41) is 19.8. The van der Waals surface area contributed by atoms with Crippen molar-refractivity contribution in [2.45, 2.75) is 39.7 Å². The molecule has 0 radical (unpaired) electrons. The average molecular weight is 250 g/mol. The summed E-state index contributed by atoms with van der Waals surface area (Å²) in [6, 6.07) is 9.20. The standard InChI is InChI=1S/C15H22O3/c1-14(2,3)12(13(16)17)10-15(4,18)11-8-6-5-7-9-11/h5-9,12,18H,10H2,1-4H3,(H,16,17). The van der Waals surface area contributed by atoms with E-state index in [1.807, 2.05) is 51.1 Å². The first-order chi connectivity index (χ1) is 8.14. The topological polar surface area (TPSA) is 57.5 Å². The van der Waals surface area contributed by atoms with Crippen LogP contribution < -0.4 is 0 Å². The van der Waals surface area contributed by atoms with Crippen LogP contribution >= 0.6 is 0 Å². The summed E-state index contributed by atoms with van der Waals surface area (Å²) in [5.41, 5.74) is -0.761. The number of hydrogen-bond acceptors (Lipinski definition) is 2. The lowest BCUT2D eigenvalue weighted by atomic mass is 9.73. The van der Waals surface area contributed by atoms with Crippen molar-refractivity contribution in [3.63, 3.8) is 0 Å². The van der Waals surface area contributed by atoms with Crippen LogP contribution in [0, 0.1) is 11.3 Å². The summed E-state index contributed by atoms with van der Waals surface area (Å²) < 4.78 is 0. The monoisotopic (exact) mass is 250 g/mol. The molecule has 3 heteroatoms. The van der Waals surface area contributed by atoms with Crippen molar-refractivity contribution in [1.82, 2.24) is 0 Å². The molecule has 0 aliphatic heterocycles. The van der Waals surface area contributed by atoms with Crippen molar-refractivity contribution in [2.24, 2.45) is 11.3 Å². The first kappa shape index (κ1) is 14.7. The first-order valence-corrected chi connectivity index (χ1v) is 6.15. The Morgan fingerprint density at radius 1 is 1.17 bits per heavy atom. The molecule has 0 bridgehead atoms. The third-order valence-electron chi connectivity index (χ3n) is 3.34. The molecule has 2 N–H and O–H groups in total. The van der Waals surface area contributed by atoms with E-state index < -0.39 is 17.5 Å². The van der Waals surface area contributed by atoms with E-state index in [1.54, 1.807) is 6.92 Å². The third-order valence-corrected chi connectivity index (χ3v) is 3.34. The molecule has 2 unspecified atom stereocenters. The number of aliphatic carboxylic acids is 1. The fraction of sp³-hybridized carbons (Fsp3) is 0.533. The summed E-state index contributed by atoms with van der Waals surface area (Å²) in [6.45, 7) is 7.32. The Morgan fingerprint density at radius 3 is 2.06 bits per heavy atom. The highest BCUT2D eigenvalue weighted by molar-refractivity contribution is 5.71. The van der Waals surface area contributed by atoms with Gasteiger partial charge in [0.05, 0.1) is 11.5 Å². The molecule has 3 nitrogen and oxygen atoms in total. The van der Waals surface area contributed by atoms with Crippen molar-refractivity contribution >= 4 is 5.97 Å². The van der Waals surface area contributed by atoms with Gasteiger partial charge < -0.3 is 10.2 Å². The lowest BCUT2D eigenvalue weighted by molar-refractivity contribution is -0.149. The van der Waals surface area contributed by atoms with Crippen molar-refractivity contribution in [3.05, 3.63) is 35.9 Å². The quantitative estimate of drug-likeness (QED) is 0.863. The molecule has 2 atom stereocenters. The van der Waals surface area contributed by atoms with E-state index in [1.165, 1.54) is 0 Å². The largest absolute Gasteiger partial charge is 0.481 e. The Balaban J connectivity index is 2.97. The van der Waals surface area contributed by atoms with Gasteiger partial charge >= 0.3 is 5.97 Å². The smallest absolute Gasteiger partial charge is 0.307 e. The number of benzene rings is 1. The average Bonchev–Trinajstić information content (AvgIpc) is 2.25. The first-order valence-electron chi connectivity index (χ1n) is 6.15. The highest BCUT2D eigenvalue weighted by atomic mass is 16.4. The second kappa shape index (κ2) is 5.11. The molecule has 0 spiro atoms. The van der Waals surface area contributed by atoms with E-state index in [-0.39, 0.29) is 11.8 Å². The van der Waals surface area contributed by atoms with Gasteiger partial charge in [-0.25, -0.2) is 0 Å². The number of aliphatic hydroxyl groups is 1. The summed E-state index contributed by atoms with van der Waals surface area (Å²) in [7, 11) is 0. The maximum atomic E-state index is 11.3. The van der Waals surface area contributed by atoms with Gasteiger partial charge in [0, 0.05) is 0 Å². The second-order valence-electron chi connectivity index (χ2n) is 6.10. The van der Waals surface area contributed by atoms with E-state index in [0.717, 1.165) is 5.56 Å². The summed E-state index contributed by atoms with van der Waals surface area (Å²) in [6.07, 6.45) is 0.204. The van der Waals surface area contributed by atoms with Gasteiger partial charge in [-0.2, -0.15) is 0 Å². The van der Waals surface area contributed by atoms with Gasteiger partial charge in [0.2, 0.25) is 0 Å². The molecule has 0 aromatic heterocycles. The van der Waals surface area contributed by atoms with E-state index in [4.69, 9.17) is 0 Å². The number of rotatable bonds is 4. The maximum Gasteiger partial charge on any atom is 0.307 e. The highest BCUT2D eigenvalue weighted by Gasteiger charge is 2.37. The predicted molar refractivity (Wildman–Crippen MR) is 71.2 cm³/mol. The van der Waals surface area contributed by atoms with Crippen LogP contribution in [0.5, 0.6) is 0 Å². The van der Waals surface area contributed by atoms with Crippen LogP contribution in [-0.2, 0) is 10.4 Å². The molecular weight excluding hydrogens is 228 g/mol. The minimum Gasteiger partial charge on any atom is -0.481 e. The number of carboxylic acid groups (broad SMARTS) is 1. The Labute approximate surface area is 108 Å². The van der Waals surface area contributed by atoms with E-state index in [9.17, 15) is 15.0 Å². The summed E-state index contributed by atoms with van der Waals surface area (Å²) in [5.74, 6) is -1.45. The predicted octanol–water partition coefficient (Wildman–Crippen LogP) is 3.03. The van der Waals surface area contributed by atoms with Crippen LogP contribution in [0.1, 0.15) is 39.7 Å². The lowest BCUT2D eigenvalue weighted by Crippen LogP contribution is -2.35. The molecule has 0 saturated heterocycles. The summed E-state index contributed by atoms with van der Waals surface area (Å²) in [4.78, 5) is 11.3. The van der Waals surface area contributed by atoms with E-state index in [2.05, 4.69) is 0 Å². The zero-order chi connectivity index (χ0) is 14.0. The van der Waals surface area contributed by atoms with Gasteiger partial charge in [-0.3, -0.25) is 4.79 Å². The third kappa shape index (κ3) is 3.57. The lowest BCUT2D eigenvalue weighted by Gasteiger charge is -2.34. The number of carboxylic acids is 1. The molecule has 0 aliphatic carbocycles. The van der Waals surface area contributed by atoms with Crippen molar-refractivity contribution < 1.29 is 15.0 Å². The van der Waals surface area contributed by atoms with Crippen LogP contribution in [0.25, 0.3) is 0 Å². The molecule has 0 heterocycles. The van der Waals surface area contributed by atoms with Gasteiger partial charge in [0.1, 0.15) is 0 Å². The molecule has 1 rings (SSSR count). The van der Waals surface area contributed by atoms with Crippen molar-refractivity contribution in [3.8, 4) is 0 Å². The van der Waals surface area contributed by atoms with Crippen molar-refractivity contribution in [2.75, 3.05) is 0 Å². The zero-order valence-corrected chi connectivity index (χ0v) is 11.5. The molecule has 1 aromatic carbocycles. The van der Waals surface area contributed by atoms with Gasteiger partial charge in [-0.15, -0.1) is 0 Å². The van der Waals surface area contributed by atoms with Crippen LogP contribution in [0.15, 0.2) is 30.3 Å².